The summed E-state index contributed by atoms with van der Waals surface area (Å²) in [5, 5.41) is 10.6. The number of hydrogen-bond acceptors (Lipinski definition) is 5. The number of benzene rings is 1. The molecule has 2 N–H and O–H groups in total. The third-order valence-corrected chi connectivity index (χ3v) is 5.84. The van der Waals surface area contributed by atoms with Crippen LogP contribution in [0.5, 0.6) is 0 Å². The predicted octanol–water partition coefficient (Wildman–Crippen LogP) is 1.76. The largest absolute Gasteiger partial charge is 0.327 e. The van der Waals surface area contributed by atoms with Crippen molar-refractivity contribution in [1.82, 2.24) is 4.31 Å². The van der Waals surface area contributed by atoms with Gasteiger partial charge >= 0.3 is 0 Å². The van der Waals surface area contributed by atoms with Crippen LogP contribution in [0, 0.1) is 16.0 Å². The minimum Gasteiger partial charge on any atom is -0.327 e. The Labute approximate surface area is 136 Å². The van der Waals surface area contributed by atoms with Crippen LogP contribution in [0.3, 0.4) is 0 Å². The van der Waals surface area contributed by atoms with E-state index >= 15 is 0 Å². The fourth-order valence-corrected chi connectivity index (χ4v) is 4.07. The number of nitro groups is 1. The van der Waals surface area contributed by atoms with Crippen molar-refractivity contribution in [1.29, 1.82) is 0 Å². The number of non-ortho nitro benzene ring substituents is 1. The van der Waals surface area contributed by atoms with Gasteiger partial charge < -0.3 is 5.73 Å². The van der Waals surface area contributed by atoms with Gasteiger partial charge in [-0.15, -0.1) is 12.4 Å². The van der Waals surface area contributed by atoms with Crippen LogP contribution in [0.1, 0.15) is 19.8 Å². The van der Waals surface area contributed by atoms with E-state index in [1.807, 2.05) is 6.92 Å². The molecule has 1 fully saturated rings. The minimum absolute atomic E-state index is 0. The third-order valence-electron chi connectivity index (χ3n) is 3.97. The molecule has 0 aliphatic carbocycles. The molecule has 9 heteroatoms. The maximum absolute atomic E-state index is 12.6. The molecule has 1 saturated heterocycles. The van der Waals surface area contributed by atoms with Crippen LogP contribution in [-0.4, -0.2) is 36.8 Å². The van der Waals surface area contributed by atoms with Gasteiger partial charge in [0.1, 0.15) is 0 Å². The van der Waals surface area contributed by atoms with Gasteiger partial charge in [0.15, 0.2) is 0 Å². The zero-order valence-corrected chi connectivity index (χ0v) is 13.8. The molecule has 2 rings (SSSR count). The first-order valence-electron chi connectivity index (χ1n) is 6.86. The zero-order valence-electron chi connectivity index (χ0n) is 12.2. The van der Waals surface area contributed by atoms with E-state index in [1.165, 1.54) is 28.6 Å². The van der Waals surface area contributed by atoms with Crippen molar-refractivity contribution in [2.75, 3.05) is 13.1 Å². The second kappa shape index (κ2) is 7.36. The van der Waals surface area contributed by atoms with Crippen molar-refractivity contribution < 1.29 is 13.3 Å². The van der Waals surface area contributed by atoms with Gasteiger partial charge in [-0.3, -0.25) is 10.1 Å². The van der Waals surface area contributed by atoms with Crippen LogP contribution in [0.25, 0.3) is 0 Å². The lowest BCUT2D eigenvalue weighted by Gasteiger charge is -2.35. The fourth-order valence-electron chi connectivity index (χ4n) is 2.56. The molecule has 1 aliphatic rings. The highest BCUT2D eigenvalue weighted by molar-refractivity contribution is 7.89. The molecule has 1 aliphatic heterocycles. The molecule has 0 saturated carbocycles. The monoisotopic (exact) mass is 349 g/mol. The Hall–Kier alpha value is -1.22. The lowest BCUT2D eigenvalue weighted by molar-refractivity contribution is -0.384. The summed E-state index contributed by atoms with van der Waals surface area (Å²) in [6.45, 7) is 2.78. The summed E-state index contributed by atoms with van der Waals surface area (Å²) in [4.78, 5) is 10.1. The third kappa shape index (κ3) is 3.75. The quantitative estimate of drug-likeness (QED) is 0.658. The van der Waals surface area contributed by atoms with Gasteiger partial charge in [-0.25, -0.2) is 8.42 Å². The lowest BCUT2D eigenvalue weighted by Crippen LogP contribution is -2.48. The van der Waals surface area contributed by atoms with E-state index in [4.69, 9.17) is 5.73 Å². The molecule has 2 unspecified atom stereocenters. The molecule has 0 spiro atoms. The molecule has 1 aromatic carbocycles. The average Bonchev–Trinajstić information content (AvgIpc) is 2.47. The molecule has 1 aromatic rings. The Kier molecular flexibility index (Phi) is 6.30. The normalized spacial score (nSPS) is 22.8. The number of hydrogen-bond donors (Lipinski definition) is 1. The van der Waals surface area contributed by atoms with E-state index < -0.39 is 14.9 Å². The zero-order chi connectivity index (χ0) is 15.6. The Morgan fingerprint density at radius 2 is 1.95 bits per heavy atom. The second-order valence-electron chi connectivity index (χ2n) is 5.23. The minimum atomic E-state index is -3.62. The number of sulfonamides is 1. The molecule has 124 valence electrons. The summed E-state index contributed by atoms with van der Waals surface area (Å²) in [5.74, 6) is 0.145. The van der Waals surface area contributed by atoms with Crippen LogP contribution in [0.4, 0.5) is 5.69 Å². The molecular weight excluding hydrogens is 330 g/mol. The Balaban J connectivity index is 0.00000242. The number of piperidine rings is 1. The molecule has 1 heterocycles. The van der Waals surface area contributed by atoms with Gasteiger partial charge in [0.05, 0.1) is 9.82 Å². The highest BCUT2D eigenvalue weighted by atomic mass is 35.5. The Morgan fingerprint density at radius 3 is 2.45 bits per heavy atom. The first-order valence-corrected chi connectivity index (χ1v) is 8.30. The van der Waals surface area contributed by atoms with Crippen LogP contribution < -0.4 is 5.73 Å². The number of nitrogens with zero attached hydrogens (tertiary/aromatic N) is 2. The number of rotatable bonds is 4. The van der Waals surface area contributed by atoms with Gasteiger partial charge in [0, 0.05) is 31.3 Å². The van der Waals surface area contributed by atoms with Gasteiger partial charge in [0.2, 0.25) is 10.0 Å². The molecule has 2 atom stereocenters. The molecule has 0 aromatic heterocycles. The molecule has 0 bridgehead atoms. The van der Waals surface area contributed by atoms with Crippen LogP contribution in [0.15, 0.2) is 29.2 Å². The summed E-state index contributed by atoms with van der Waals surface area (Å²) in [6.07, 6.45) is 1.46. The van der Waals surface area contributed by atoms with Crippen LogP contribution in [-0.2, 0) is 10.0 Å². The Morgan fingerprint density at radius 1 is 1.36 bits per heavy atom. The fraction of sp³-hybridized carbons (Fsp3) is 0.538. The number of nitrogens with two attached hydrogens (primary N) is 1. The lowest BCUT2D eigenvalue weighted by atomic mass is 9.92. The van der Waals surface area contributed by atoms with E-state index in [-0.39, 0.29) is 34.9 Å². The number of halogens is 1. The molecule has 7 nitrogen and oxygen atoms in total. The van der Waals surface area contributed by atoms with E-state index in [1.54, 1.807) is 0 Å². The van der Waals surface area contributed by atoms with Gasteiger partial charge in [-0.2, -0.15) is 4.31 Å². The van der Waals surface area contributed by atoms with Crippen LogP contribution >= 0.6 is 12.4 Å². The molecule has 22 heavy (non-hydrogen) atoms. The molecule has 0 radical (unpaired) electrons. The molecular formula is C13H20ClN3O4S. The summed E-state index contributed by atoms with van der Waals surface area (Å²) < 4.78 is 26.5. The maximum Gasteiger partial charge on any atom is 0.269 e. The van der Waals surface area contributed by atoms with Crippen molar-refractivity contribution in [2.24, 2.45) is 11.7 Å². The van der Waals surface area contributed by atoms with Crippen LogP contribution in [0.2, 0.25) is 0 Å². The highest BCUT2D eigenvalue weighted by Gasteiger charge is 2.33. The highest BCUT2D eigenvalue weighted by Crippen LogP contribution is 2.25. The first kappa shape index (κ1) is 18.8. The summed E-state index contributed by atoms with van der Waals surface area (Å²) in [6, 6.07) is 5.00. The van der Waals surface area contributed by atoms with E-state index in [9.17, 15) is 18.5 Å². The standard InChI is InChI=1S/C13H19N3O4S.ClH/c1-2-10-9-15(8-7-13(10)14)21(19,20)12-5-3-11(4-6-12)16(17)18;/h3-6,10,13H,2,7-9,14H2,1H3;1H. The predicted molar refractivity (Wildman–Crippen MR) is 85.5 cm³/mol. The molecule has 0 amide bonds. The first-order chi connectivity index (χ1) is 9.86. The van der Waals surface area contributed by atoms with Crippen molar-refractivity contribution in [3.05, 3.63) is 34.4 Å². The SMILES string of the molecule is CCC1CN(S(=O)(=O)c2ccc([N+](=O)[O-])cc2)CCC1N.Cl. The average molecular weight is 350 g/mol. The topological polar surface area (TPSA) is 107 Å². The summed E-state index contributed by atoms with van der Waals surface area (Å²) in [7, 11) is -3.62. The smallest absolute Gasteiger partial charge is 0.269 e. The van der Waals surface area contributed by atoms with E-state index in [2.05, 4.69) is 0 Å². The van der Waals surface area contributed by atoms with E-state index in [0.717, 1.165) is 6.42 Å². The Bertz CT molecular complexity index is 621. The van der Waals surface area contributed by atoms with Crippen molar-refractivity contribution in [2.45, 2.75) is 30.7 Å². The van der Waals surface area contributed by atoms with Crippen molar-refractivity contribution >= 4 is 28.1 Å². The van der Waals surface area contributed by atoms with Crippen molar-refractivity contribution in [3.63, 3.8) is 0 Å². The van der Waals surface area contributed by atoms with Gasteiger partial charge in [-0.1, -0.05) is 13.3 Å². The second-order valence-corrected chi connectivity index (χ2v) is 7.17. The van der Waals surface area contributed by atoms with Gasteiger partial charge in [-0.05, 0) is 24.5 Å². The van der Waals surface area contributed by atoms with E-state index in [0.29, 0.717) is 19.5 Å². The van der Waals surface area contributed by atoms with Gasteiger partial charge in [0.25, 0.3) is 5.69 Å². The summed E-state index contributed by atoms with van der Waals surface area (Å²) >= 11 is 0. The maximum atomic E-state index is 12.6. The summed E-state index contributed by atoms with van der Waals surface area (Å²) in [5.41, 5.74) is 5.87. The number of nitro benzene ring substituents is 1. The van der Waals surface area contributed by atoms with Crippen molar-refractivity contribution in [3.8, 4) is 0 Å².